The average molecular weight is 310 g/mol. The Morgan fingerprint density at radius 3 is 2.26 bits per heavy atom. The predicted molar refractivity (Wildman–Crippen MR) is 89.5 cm³/mol. The SMILES string of the molecule is CC1(C)OCC(C(CC(=O)c2ccccc2)c2ccccc2)O1. The maximum Gasteiger partial charge on any atom is 0.163 e. The van der Waals surface area contributed by atoms with Crippen molar-refractivity contribution in [2.45, 2.75) is 38.1 Å². The van der Waals surface area contributed by atoms with E-state index in [-0.39, 0.29) is 17.8 Å². The van der Waals surface area contributed by atoms with Gasteiger partial charge in [-0.05, 0) is 19.4 Å². The van der Waals surface area contributed by atoms with Crippen LogP contribution in [0, 0.1) is 0 Å². The third kappa shape index (κ3) is 3.87. The first kappa shape index (κ1) is 15.9. The summed E-state index contributed by atoms with van der Waals surface area (Å²) >= 11 is 0. The van der Waals surface area contributed by atoms with E-state index in [4.69, 9.17) is 9.47 Å². The predicted octanol–water partition coefficient (Wildman–Crippen LogP) is 4.19. The Bertz CT molecular complexity index is 649. The lowest BCUT2D eigenvalue weighted by molar-refractivity contribution is -0.140. The van der Waals surface area contributed by atoms with Crippen molar-refractivity contribution in [2.24, 2.45) is 0 Å². The maximum atomic E-state index is 12.7. The second kappa shape index (κ2) is 6.65. The number of hydrogen-bond donors (Lipinski definition) is 0. The minimum atomic E-state index is -0.590. The number of carbonyl (C=O) groups excluding carboxylic acids is 1. The van der Waals surface area contributed by atoms with E-state index in [1.807, 2.05) is 62.4 Å². The normalized spacial score (nSPS) is 21.0. The number of ketones is 1. The summed E-state index contributed by atoms with van der Waals surface area (Å²) in [4.78, 5) is 12.7. The van der Waals surface area contributed by atoms with E-state index < -0.39 is 5.79 Å². The molecule has 1 aliphatic rings. The van der Waals surface area contributed by atoms with Crippen LogP contribution >= 0.6 is 0 Å². The molecule has 1 fully saturated rings. The van der Waals surface area contributed by atoms with Crippen LogP contribution < -0.4 is 0 Å². The van der Waals surface area contributed by atoms with Crippen molar-refractivity contribution in [1.82, 2.24) is 0 Å². The van der Waals surface area contributed by atoms with Crippen molar-refractivity contribution < 1.29 is 14.3 Å². The molecule has 0 bridgehead atoms. The fraction of sp³-hybridized carbons (Fsp3) is 0.350. The van der Waals surface area contributed by atoms with Crippen LogP contribution in [0.15, 0.2) is 60.7 Å². The van der Waals surface area contributed by atoms with Crippen molar-refractivity contribution in [2.75, 3.05) is 6.61 Å². The van der Waals surface area contributed by atoms with Gasteiger partial charge in [0.15, 0.2) is 11.6 Å². The van der Waals surface area contributed by atoms with E-state index in [0.29, 0.717) is 13.0 Å². The van der Waals surface area contributed by atoms with Gasteiger partial charge in [0.2, 0.25) is 0 Å². The van der Waals surface area contributed by atoms with E-state index in [9.17, 15) is 4.79 Å². The molecule has 0 amide bonds. The summed E-state index contributed by atoms with van der Waals surface area (Å²) in [6.45, 7) is 4.33. The topological polar surface area (TPSA) is 35.5 Å². The van der Waals surface area contributed by atoms with Crippen LogP contribution in [0.4, 0.5) is 0 Å². The quantitative estimate of drug-likeness (QED) is 0.777. The number of rotatable bonds is 5. The molecule has 0 radical (unpaired) electrons. The van der Waals surface area contributed by atoms with Crippen LogP contribution in [0.25, 0.3) is 0 Å². The van der Waals surface area contributed by atoms with Crippen molar-refractivity contribution >= 4 is 5.78 Å². The molecule has 0 spiro atoms. The largest absolute Gasteiger partial charge is 0.348 e. The minimum absolute atomic E-state index is 0.00863. The molecular formula is C20H22O3. The highest BCUT2D eigenvalue weighted by Gasteiger charge is 2.38. The van der Waals surface area contributed by atoms with Crippen molar-refractivity contribution in [3.05, 3.63) is 71.8 Å². The second-order valence-corrected chi connectivity index (χ2v) is 6.38. The molecular weight excluding hydrogens is 288 g/mol. The first-order valence-corrected chi connectivity index (χ1v) is 8.00. The summed E-state index contributed by atoms with van der Waals surface area (Å²) in [5, 5.41) is 0. The molecule has 2 aromatic rings. The highest BCUT2D eigenvalue weighted by Crippen LogP contribution is 2.35. The molecule has 2 atom stereocenters. The van der Waals surface area contributed by atoms with Crippen LogP contribution in [0.5, 0.6) is 0 Å². The van der Waals surface area contributed by atoms with Crippen LogP contribution in [0.2, 0.25) is 0 Å². The van der Waals surface area contributed by atoms with Gasteiger partial charge in [0.05, 0.1) is 12.7 Å². The Labute approximate surface area is 137 Å². The summed E-state index contributed by atoms with van der Waals surface area (Å²) in [5.74, 6) is -0.466. The second-order valence-electron chi connectivity index (χ2n) is 6.38. The number of benzene rings is 2. The summed E-state index contributed by atoms with van der Waals surface area (Å²) in [5.41, 5.74) is 1.86. The molecule has 1 heterocycles. The van der Waals surface area contributed by atoms with Crippen LogP contribution in [-0.2, 0) is 9.47 Å². The summed E-state index contributed by atoms with van der Waals surface area (Å²) < 4.78 is 11.7. The van der Waals surface area contributed by atoms with E-state index in [0.717, 1.165) is 11.1 Å². The first-order chi connectivity index (χ1) is 11.1. The molecule has 1 aliphatic heterocycles. The lowest BCUT2D eigenvalue weighted by atomic mass is 9.87. The molecule has 0 aromatic heterocycles. The highest BCUT2D eigenvalue weighted by molar-refractivity contribution is 5.96. The Balaban J connectivity index is 1.83. The molecule has 2 unspecified atom stereocenters. The average Bonchev–Trinajstić information content (AvgIpc) is 2.93. The zero-order chi connectivity index (χ0) is 16.3. The van der Waals surface area contributed by atoms with Gasteiger partial charge in [-0.15, -0.1) is 0 Å². The molecule has 2 aromatic carbocycles. The van der Waals surface area contributed by atoms with Gasteiger partial charge in [-0.2, -0.15) is 0 Å². The lowest BCUT2D eigenvalue weighted by Gasteiger charge is -2.24. The van der Waals surface area contributed by atoms with Crippen molar-refractivity contribution in [3.63, 3.8) is 0 Å². The molecule has 23 heavy (non-hydrogen) atoms. The van der Waals surface area contributed by atoms with E-state index in [2.05, 4.69) is 12.1 Å². The van der Waals surface area contributed by atoms with Crippen LogP contribution in [-0.4, -0.2) is 24.3 Å². The van der Waals surface area contributed by atoms with Crippen LogP contribution in [0.1, 0.15) is 42.1 Å². The first-order valence-electron chi connectivity index (χ1n) is 8.00. The van der Waals surface area contributed by atoms with Crippen molar-refractivity contribution in [3.8, 4) is 0 Å². The number of hydrogen-bond acceptors (Lipinski definition) is 3. The smallest absolute Gasteiger partial charge is 0.163 e. The molecule has 3 nitrogen and oxygen atoms in total. The molecule has 120 valence electrons. The molecule has 3 heteroatoms. The molecule has 0 aliphatic carbocycles. The third-order valence-corrected chi connectivity index (χ3v) is 4.21. The Kier molecular flexibility index (Phi) is 4.60. The van der Waals surface area contributed by atoms with E-state index in [1.165, 1.54) is 0 Å². The van der Waals surface area contributed by atoms with Crippen LogP contribution in [0.3, 0.4) is 0 Å². The van der Waals surface area contributed by atoms with Gasteiger partial charge in [0.25, 0.3) is 0 Å². The maximum absolute atomic E-state index is 12.7. The summed E-state index contributed by atoms with van der Waals surface area (Å²) in [6, 6.07) is 19.5. The van der Waals surface area contributed by atoms with Crippen molar-refractivity contribution in [1.29, 1.82) is 0 Å². The summed E-state index contributed by atoms with van der Waals surface area (Å²) in [7, 11) is 0. The zero-order valence-electron chi connectivity index (χ0n) is 13.6. The standard InChI is InChI=1S/C20H22O3/c1-20(2)22-14-19(23-20)17(15-9-5-3-6-10-15)13-18(21)16-11-7-4-8-12-16/h3-12,17,19H,13-14H2,1-2H3. The molecule has 0 N–H and O–H groups in total. The number of carbonyl (C=O) groups is 1. The Morgan fingerprint density at radius 1 is 1.09 bits per heavy atom. The molecule has 0 saturated carbocycles. The summed E-state index contributed by atoms with van der Waals surface area (Å²) in [6.07, 6.45) is 0.304. The van der Waals surface area contributed by atoms with E-state index in [1.54, 1.807) is 0 Å². The third-order valence-electron chi connectivity index (χ3n) is 4.21. The Hall–Kier alpha value is -1.97. The van der Waals surface area contributed by atoms with E-state index >= 15 is 0 Å². The Morgan fingerprint density at radius 2 is 1.70 bits per heavy atom. The zero-order valence-corrected chi connectivity index (χ0v) is 13.6. The van der Waals surface area contributed by atoms with Gasteiger partial charge in [-0.3, -0.25) is 4.79 Å². The highest BCUT2D eigenvalue weighted by atomic mass is 16.7. The fourth-order valence-electron chi connectivity index (χ4n) is 3.02. The van der Waals surface area contributed by atoms with Gasteiger partial charge < -0.3 is 9.47 Å². The van der Waals surface area contributed by atoms with Gasteiger partial charge >= 0.3 is 0 Å². The fourth-order valence-corrected chi connectivity index (χ4v) is 3.02. The monoisotopic (exact) mass is 310 g/mol. The number of ether oxygens (including phenoxy) is 2. The van der Waals surface area contributed by atoms with Gasteiger partial charge in [-0.1, -0.05) is 60.7 Å². The molecule has 3 rings (SSSR count). The van der Waals surface area contributed by atoms with Gasteiger partial charge in [0.1, 0.15) is 0 Å². The van der Waals surface area contributed by atoms with Gasteiger partial charge in [-0.25, -0.2) is 0 Å². The number of Topliss-reactive ketones (excluding diaryl/α,β-unsaturated/α-hetero) is 1. The van der Waals surface area contributed by atoms with Gasteiger partial charge in [0, 0.05) is 17.9 Å². The molecule has 1 saturated heterocycles. The lowest BCUT2D eigenvalue weighted by Crippen LogP contribution is -2.27. The minimum Gasteiger partial charge on any atom is -0.348 e.